The number of aromatic nitrogens is 1. The molecule has 1 atom stereocenters. The summed E-state index contributed by atoms with van der Waals surface area (Å²) in [6.45, 7) is 9.11. The smallest absolute Gasteiger partial charge is 0.265 e. The largest absolute Gasteiger partial charge is 0.382 e. The zero-order valence-electron chi connectivity index (χ0n) is 12.1. The molecule has 1 rings (SSSR count). The van der Waals surface area contributed by atoms with Crippen molar-refractivity contribution in [3.63, 3.8) is 0 Å². The topological polar surface area (TPSA) is 80.0 Å². The molecule has 1 amide bonds. The first-order chi connectivity index (χ1) is 8.93. The first-order valence-corrected chi connectivity index (χ1v) is 7.56. The fourth-order valence-electron chi connectivity index (χ4n) is 1.67. The molecule has 108 valence electrons. The zero-order valence-corrected chi connectivity index (χ0v) is 12.9. The fraction of sp³-hybridized carbons (Fsp3) is 0.692. The van der Waals surface area contributed by atoms with Crippen molar-refractivity contribution in [2.75, 3.05) is 17.6 Å². The van der Waals surface area contributed by atoms with Crippen LogP contribution in [0.15, 0.2) is 0 Å². The Morgan fingerprint density at radius 3 is 2.63 bits per heavy atom. The van der Waals surface area contributed by atoms with Gasteiger partial charge in [-0.15, -0.1) is 0 Å². The van der Waals surface area contributed by atoms with Gasteiger partial charge in [0.2, 0.25) is 0 Å². The van der Waals surface area contributed by atoms with E-state index in [9.17, 15) is 4.79 Å². The maximum absolute atomic E-state index is 12.1. The first-order valence-electron chi connectivity index (χ1n) is 6.75. The van der Waals surface area contributed by atoms with E-state index < -0.39 is 0 Å². The number of thiazole rings is 1. The molecule has 6 heteroatoms. The Labute approximate surface area is 119 Å². The Morgan fingerprint density at radius 1 is 1.37 bits per heavy atom. The molecule has 19 heavy (non-hydrogen) atoms. The summed E-state index contributed by atoms with van der Waals surface area (Å²) in [6, 6.07) is 0.152. The highest BCUT2D eigenvalue weighted by Crippen LogP contribution is 2.24. The third kappa shape index (κ3) is 5.06. The second-order valence-corrected chi connectivity index (χ2v) is 6.11. The van der Waals surface area contributed by atoms with Gasteiger partial charge in [-0.3, -0.25) is 4.79 Å². The maximum atomic E-state index is 12.1. The van der Waals surface area contributed by atoms with Crippen molar-refractivity contribution >= 4 is 28.2 Å². The normalized spacial score (nSPS) is 12.5. The SMILES string of the molecule is CCNc1nc(N)c(C(=O)NC(C)CCC(C)C)s1. The third-order valence-corrected chi connectivity index (χ3v) is 3.77. The minimum atomic E-state index is -0.129. The van der Waals surface area contributed by atoms with E-state index in [1.807, 2.05) is 13.8 Å². The van der Waals surface area contributed by atoms with Gasteiger partial charge in [-0.25, -0.2) is 4.98 Å². The minimum Gasteiger partial charge on any atom is -0.382 e. The molecule has 0 bridgehead atoms. The second-order valence-electron chi connectivity index (χ2n) is 5.11. The van der Waals surface area contributed by atoms with Crippen molar-refractivity contribution in [1.82, 2.24) is 10.3 Å². The predicted molar refractivity (Wildman–Crippen MR) is 81.7 cm³/mol. The van der Waals surface area contributed by atoms with Crippen molar-refractivity contribution in [3.05, 3.63) is 4.88 Å². The molecule has 1 aromatic heterocycles. The maximum Gasteiger partial charge on any atom is 0.265 e. The highest BCUT2D eigenvalue weighted by molar-refractivity contribution is 7.18. The molecular formula is C13H24N4OS. The number of nitrogens with two attached hydrogens (primary N) is 1. The predicted octanol–water partition coefficient (Wildman–Crippen LogP) is 2.71. The number of hydrogen-bond acceptors (Lipinski definition) is 5. The molecule has 1 heterocycles. The number of amides is 1. The van der Waals surface area contributed by atoms with E-state index in [0.717, 1.165) is 19.4 Å². The average molecular weight is 284 g/mol. The molecule has 0 aliphatic heterocycles. The van der Waals surface area contributed by atoms with Gasteiger partial charge in [0, 0.05) is 12.6 Å². The Hall–Kier alpha value is -1.30. The van der Waals surface area contributed by atoms with E-state index in [-0.39, 0.29) is 11.9 Å². The minimum absolute atomic E-state index is 0.129. The lowest BCUT2D eigenvalue weighted by molar-refractivity contribution is 0.0942. The molecule has 0 aliphatic rings. The number of carbonyl (C=O) groups excluding carboxylic acids is 1. The summed E-state index contributed by atoms with van der Waals surface area (Å²) in [5.41, 5.74) is 5.77. The van der Waals surface area contributed by atoms with Gasteiger partial charge in [0.15, 0.2) is 5.13 Å². The van der Waals surface area contributed by atoms with Gasteiger partial charge >= 0.3 is 0 Å². The van der Waals surface area contributed by atoms with Crippen LogP contribution >= 0.6 is 11.3 Å². The highest BCUT2D eigenvalue weighted by atomic mass is 32.1. The van der Waals surface area contributed by atoms with E-state index >= 15 is 0 Å². The summed E-state index contributed by atoms with van der Waals surface area (Å²) in [7, 11) is 0. The fourth-order valence-corrected chi connectivity index (χ4v) is 2.52. The van der Waals surface area contributed by atoms with Crippen molar-refractivity contribution in [3.8, 4) is 0 Å². The van der Waals surface area contributed by atoms with Crippen LogP contribution in [0.2, 0.25) is 0 Å². The Balaban J connectivity index is 2.57. The molecule has 0 saturated heterocycles. The number of nitrogen functional groups attached to an aromatic ring is 1. The number of nitrogens with zero attached hydrogens (tertiary/aromatic N) is 1. The van der Waals surface area contributed by atoms with Crippen LogP contribution in [-0.4, -0.2) is 23.5 Å². The van der Waals surface area contributed by atoms with Crippen LogP contribution in [0.4, 0.5) is 10.9 Å². The van der Waals surface area contributed by atoms with Gasteiger partial charge in [0.05, 0.1) is 0 Å². The third-order valence-electron chi connectivity index (χ3n) is 2.74. The lowest BCUT2D eigenvalue weighted by Crippen LogP contribution is -2.32. The van der Waals surface area contributed by atoms with Crippen LogP contribution in [0.1, 0.15) is 50.2 Å². The van der Waals surface area contributed by atoms with Crippen LogP contribution in [0.25, 0.3) is 0 Å². The van der Waals surface area contributed by atoms with Crippen molar-refractivity contribution < 1.29 is 4.79 Å². The lowest BCUT2D eigenvalue weighted by Gasteiger charge is -2.14. The van der Waals surface area contributed by atoms with Gasteiger partial charge in [-0.2, -0.15) is 0 Å². The second kappa shape index (κ2) is 7.33. The van der Waals surface area contributed by atoms with Gasteiger partial charge in [-0.05, 0) is 32.6 Å². The molecule has 1 aromatic rings. The molecule has 1 unspecified atom stereocenters. The molecule has 0 aromatic carbocycles. The molecular weight excluding hydrogens is 260 g/mol. The Bertz CT molecular complexity index is 417. The summed E-state index contributed by atoms with van der Waals surface area (Å²) in [5, 5.41) is 6.73. The molecule has 0 radical (unpaired) electrons. The van der Waals surface area contributed by atoms with Gasteiger partial charge < -0.3 is 16.4 Å². The van der Waals surface area contributed by atoms with E-state index in [2.05, 4.69) is 29.5 Å². The monoisotopic (exact) mass is 284 g/mol. The van der Waals surface area contributed by atoms with Gasteiger partial charge in [0.1, 0.15) is 10.7 Å². The van der Waals surface area contributed by atoms with E-state index in [1.54, 1.807) is 0 Å². The van der Waals surface area contributed by atoms with Crippen LogP contribution in [0.5, 0.6) is 0 Å². The quantitative estimate of drug-likeness (QED) is 0.719. The average Bonchev–Trinajstić information content (AvgIpc) is 2.68. The summed E-state index contributed by atoms with van der Waals surface area (Å²) in [6.07, 6.45) is 2.07. The van der Waals surface area contributed by atoms with Gasteiger partial charge in [0.25, 0.3) is 5.91 Å². The molecule has 0 saturated carbocycles. The number of anilines is 2. The van der Waals surface area contributed by atoms with Gasteiger partial charge in [-0.1, -0.05) is 25.2 Å². The number of hydrogen-bond donors (Lipinski definition) is 3. The van der Waals surface area contributed by atoms with E-state index in [1.165, 1.54) is 11.3 Å². The summed E-state index contributed by atoms with van der Waals surface area (Å²) < 4.78 is 0. The summed E-state index contributed by atoms with van der Waals surface area (Å²) >= 11 is 1.30. The van der Waals surface area contributed by atoms with E-state index in [0.29, 0.717) is 21.7 Å². The molecule has 0 aliphatic carbocycles. The first kappa shape index (κ1) is 15.8. The number of nitrogens with one attached hydrogen (secondary N) is 2. The number of rotatable bonds is 7. The van der Waals surface area contributed by atoms with Crippen LogP contribution in [0.3, 0.4) is 0 Å². The Kier molecular flexibility index (Phi) is 6.08. The molecule has 0 spiro atoms. The van der Waals surface area contributed by atoms with Crippen LogP contribution < -0.4 is 16.4 Å². The zero-order chi connectivity index (χ0) is 14.4. The van der Waals surface area contributed by atoms with Crippen molar-refractivity contribution in [2.24, 2.45) is 5.92 Å². The van der Waals surface area contributed by atoms with Crippen LogP contribution in [0, 0.1) is 5.92 Å². The lowest BCUT2D eigenvalue weighted by atomic mass is 10.0. The summed E-state index contributed by atoms with van der Waals surface area (Å²) in [4.78, 5) is 16.7. The summed E-state index contributed by atoms with van der Waals surface area (Å²) in [5.74, 6) is 0.818. The van der Waals surface area contributed by atoms with E-state index in [4.69, 9.17) is 5.73 Å². The highest BCUT2D eigenvalue weighted by Gasteiger charge is 2.17. The molecule has 0 fully saturated rings. The van der Waals surface area contributed by atoms with Crippen LogP contribution in [-0.2, 0) is 0 Å². The molecule has 4 N–H and O–H groups in total. The van der Waals surface area contributed by atoms with Crippen molar-refractivity contribution in [1.29, 1.82) is 0 Å². The number of carbonyl (C=O) groups is 1. The Morgan fingerprint density at radius 2 is 2.05 bits per heavy atom. The standard InChI is InChI=1S/C13H24N4OS/c1-5-15-13-17-11(14)10(19-13)12(18)16-9(4)7-6-8(2)3/h8-9H,5-7,14H2,1-4H3,(H,15,17)(H,16,18). The molecule has 5 nitrogen and oxygen atoms in total. The van der Waals surface area contributed by atoms with Crippen molar-refractivity contribution in [2.45, 2.75) is 46.6 Å².